The number of rotatable bonds is 1. The first-order chi connectivity index (χ1) is 8.52. The van der Waals surface area contributed by atoms with Crippen molar-refractivity contribution in [2.24, 2.45) is 0 Å². The van der Waals surface area contributed by atoms with E-state index in [0.29, 0.717) is 6.42 Å². The van der Waals surface area contributed by atoms with Gasteiger partial charge in [-0.15, -0.1) is 11.8 Å². The van der Waals surface area contributed by atoms with Gasteiger partial charge in [0.1, 0.15) is 5.25 Å². The Bertz CT molecular complexity index is 496. The second-order valence-electron chi connectivity index (χ2n) is 4.52. The van der Waals surface area contributed by atoms with E-state index < -0.39 is 0 Å². The molecule has 0 saturated heterocycles. The molecule has 1 aliphatic rings. The van der Waals surface area contributed by atoms with Crippen molar-refractivity contribution in [1.82, 2.24) is 0 Å². The summed E-state index contributed by atoms with van der Waals surface area (Å²) in [6.07, 6.45) is 0.559. The molecule has 0 spiro atoms. The lowest BCUT2D eigenvalue weighted by Gasteiger charge is -2.13. The molecule has 2 atom stereocenters. The van der Waals surface area contributed by atoms with E-state index in [-0.39, 0.29) is 22.3 Å². The standard InChI is InChI=1S/C14H16O3S/c1-8-4-5-10-7-12(14(16)17-3)18-9(2)13(15)11(10)6-8/h4-6,9,12H,7H2,1-3H3. The van der Waals surface area contributed by atoms with Crippen molar-refractivity contribution in [3.05, 3.63) is 34.9 Å². The van der Waals surface area contributed by atoms with E-state index in [1.54, 1.807) is 0 Å². The number of aryl methyl sites for hydroxylation is 1. The summed E-state index contributed by atoms with van der Waals surface area (Å²) in [4.78, 5) is 24.0. The average Bonchev–Trinajstić information content (AvgIpc) is 2.48. The predicted molar refractivity (Wildman–Crippen MR) is 72.1 cm³/mol. The van der Waals surface area contributed by atoms with Crippen LogP contribution in [-0.4, -0.2) is 29.4 Å². The fourth-order valence-electron chi connectivity index (χ4n) is 2.14. The fourth-order valence-corrected chi connectivity index (χ4v) is 3.37. The average molecular weight is 264 g/mol. The molecule has 96 valence electrons. The molecule has 3 nitrogen and oxygen atoms in total. The number of fused-ring (bicyclic) bond motifs is 1. The van der Waals surface area contributed by atoms with Crippen molar-refractivity contribution in [1.29, 1.82) is 0 Å². The van der Waals surface area contributed by atoms with Gasteiger partial charge in [-0.3, -0.25) is 9.59 Å². The number of thioether (sulfide) groups is 1. The number of Topliss-reactive ketones (excluding diaryl/α,β-unsaturated/α-hetero) is 1. The minimum atomic E-state index is -0.294. The summed E-state index contributed by atoms with van der Waals surface area (Å²) < 4.78 is 4.80. The summed E-state index contributed by atoms with van der Waals surface area (Å²) in [5.74, 6) is -0.154. The minimum Gasteiger partial charge on any atom is -0.468 e. The number of hydrogen-bond donors (Lipinski definition) is 0. The maximum atomic E-state index is 12.3. The van der Waals surface area contributed by atoms with E-state index in [2.05, 4.69) is 0 Å². The monoisotopic (exact) mass is 264 g/mol. The van der Waals surface area contributed by atoms with Crippen LogP contribution in [0.15, 0.2) is 18.2 Å². The van der Waals surface area contributed by atoms with Gasteiger partial charge < -0.3 is 4.74 Å². The highest BCUT2D eigenvalue weighted by molar-refractivity contribution is 8.01. The number of carbonyl (C=O) groups is 2. The number of ketones is 1. The van der Waals surface area contributed by atoms with Crippen LogP contribution in [0.2, 0.25) is 0 Å². The third-order valence-corrected chi connectivity index (χ3v) is 4.45. The first-order valence-corrected chi connectivity index (χ1v) is 6.84. The molecule has 0 fully saturated rings. The lowest BCUT2D eigenvalue weighted by molar-refractivity contribution is -0.139. The zero-order valence-electron chi connectivity index (χ0n) is 10.7. The van der Waals surface area contributed by atoms with Gasteiger partial charge in [-0.25, -0.2) is 0 Å². The van der Waals surface area contributed by atoms with Crippen LogP contribution < -0.4 is 0 Å². The number of methoxy groups -OCH3 is 1. The second-order valence-corrected chi connectivity index (χ2v) is 6.07. The van der Waals surface area contributed by atoms with E-state index in [9.17, 15) is 9.59 Å². The van der Waals surface area contributed by atoms with Crippen LogP contribution in [0.5, 0.6) is 0 Å². The van der Waals surface area contributed by atoms with Crippen LogP contribution in [0.4, 0.5) is 0 Å². The van der Waals surface area contributed by atoms with Crippen LogP contribution in [0.25, 0.3) is 0 Å². The molecule has 0 amide bonds. The molecule has 1 aromatic carbocycles. The Balaban J connectivity index is 2.42. The first-order valence-electron chi connectivity index (χ1n) is 5.90. The highest BCUT2D eigenvalue weighted by Crippen LogP contribution is 2.31. The summed E-state index contributed by atoms with van der Waals surface area (Å²) >= 11 is 1.39. The largest absolute Gasteiger partial charge is 0.468 e. The molecule has 0 bridgehead atoms. The number of esters is 1. The summed E-state index contributed by atoms with van der Waals surface area (Å²) in [7, 11) is 1.39. The Morgan fingerprint density at radius 2 is 2.17 bits per heavy atom. The molecule has 2 rings (SSSR count). The van der Waals surface area contributed by atoms with Gasteiger partial charge >= 0.3 is 5.97 Å². The SMILES string of the molecule is COC(=O)C1Cc2ccc(C)cc2C(=O)C(C)S1. The van der Waals surface area contributed by atoms with Gasteiger partial charge in [-0.05, 0) is 31.9 Å². The van der Waals surface area contributed by atoms with Crippen molar-refractivity contribution < 1.29 is 14.3 Å². The summed E-state index contributed by atoms with van der Waals surface area (Å²) in [5.41, 5.74) is 2.76. The van der Waals surface area contributed by atoms with Gasteiger partial charge in [0.15, 0.2) is 5.78 Å². The van der Waals surface area contributed by atoms with Crippen molar-refractivity contribution in [3.8, 4) is 0 Å². The fraction of sp³-hybridized carbons (Fsp3) is 0.429. The molecule has 0 saturated carbocycles. The third kappa shape index (κ3) is 2.43. The van der Waals surface area contributed by atoms with Crippen molar-refractivity contribution >= 4 is 23.5 Å². The molecular weight excluding hydrogens is 248 g/mol. The number of benzene rings is 1. The zero-order valence-corrected chi connectivity index (χ0v) is 11.5. The normalized spacial score (nSPS) is 23.2. The molecule has 18 heavy (non-hydrogen) atoms. The smallest absolute Gasteiger partial charge is 0.319 e. The Kier molecular flexibility index (Phi) is 3.76. The quantitative estimate of drug-likeness (QED) is 0.731. The minimum absolute atomic E-state index is 0.102. The van der Waals surface area contributed by atoms with Crippen molar-refractivity contribution in [3.63, 3.8) is 0 Å². The maximum Gasteiger partial charge on any atom is 0.319 e. The Morgan fingerprint density at radius 1 is 1.44 bits per heavy atom. The van der Waals surface area contributed by atoms with Crippen molar-refractivity contribution in [2.45, 2.75) is 30.8 Å². The van der Waals surface area contributed by atoms with Crippen LogP contribution in [0.3, 0.4) is 0 Å². The Hall–Kier alpha value is -1.29. The van der Waals surface area contributed by atoms with E-state index in [1.807, 2.05) is 32.0 Å². The van der Waals surface area contributed by atoms with E-state index in [0.717, 1.165) is 16.7 Å². The second kappa shape index (κ2) is 5.14. The molecule has 2 unspecified atom stereocenters. The number of carbonyl (C=O) groups excluding carboxylic acids is 2. The number of hydrogen-bond acceptors (Lipinski definition) is 4. The molecule has 1 aromatic rings. The zero-order chi connectivity index (χ0) is 13.3. The highest BCUT2D eigenvalue weighted by Gasteiger charge is 2.32. The lowest BCUT2D eigenvalue weighted by Crippen LogP contribution is -2.23. The van der Waals surface area contributed by atoms with Gasteiger partial charge in [0.2, 0.25) is 0 Å². The molecule has 4 heteroatoms. The van der Waals surface area contributed by atoms with Gasteiger partial charge in [0.05, 0.1) is 12.4 Å². The highest BCUT2D eigenvalue weighted by atomic mass is 32.2. The van der Waals surface area contributed by atoms with Crippen LogP contribution in [-0.2, 0) is 16.0 Å². The van der Waals surface area contributed by atoms with E-state index in [4.69, 9.17) is 4.74 Å². The molecule has 1 aliphatic heterocycles. The van der Waals surface area contributed by atoms with Crippen LogP contribution in [0, 0.1) is 6.92 Å². The van der Waals surface area contributed by atoms with Gasteiger partial charge in [-0.2, -0.15) is 0 Å². The van der Waals surface area contributed by atoms with Gasteiger partial charge in [0, 0.05) is 5.56 Å². The van der Waals surface area contributed by atoms with Gasteiger partial charge in [-0.1, -0.05) is 17.7 Å². The van der Waals surface area contributed by atoms with Crippen LogP contribution >= 0.6 is 11.8 Å². The van der Waals surface area contributed by atoms with E-state index in [1.165, 1.54) is 18.9 Å². The summed E-state index contributed by atoms with van der Waals surface area (Å²) in [5, 5.41) is -0.505. The maximum absolute atomic E-state index is 12.3. The molecular formula is C14H16O3S. The molecule has 0 aromatic heterocycles. The molecule has 0 N–H and O–H groups in total. The molecule has 0 aliphatic carbocycles. The lowest BCUT2D eigenvalue weighted by atomic mass is 9.96. The summed E-state index contributed by atoms with van der Waals surface area (Å²) in [6, 6.07) is 5.83. The first kappa shape index (κ1) is 13.1. The third-order valence-electron chi connectivity index (χ3n) is 3.14. The molecule has 1 heterocycles. The molecule has 0 radical (unpaired) electrons. The Labute approximate surface area is 111 Å². The van der Waals surface area contributed by atoms with E-state index >= 15 is 0 Å². The Morgan fingerprint density at radius 3 is 2.83 bits per heavy atom. The predicted octanol–water partition coefficient (Wildman–Crippen LogP) is 2.40. The van der Waals surface area contributed by atoms with Crippen molar-refractivity contribution in [2.75, 3.05) is 7.11 Å². The van der Waals surface area contributed by atoms with Crippen LogP contribution in [0.1, 0.15) is 28.4 Å². The topological polar surface area (TPSA) is 43.4 Å². The van der Waals surface area contributed by atoms with Gasteiger partial charge in [0.25, 0.3) is 0 Å². The summed E-state index contributed by atoms with van der Waals surface area (Å²) in [6.45, 7) is 3.81. The number of ether oxygens (including phenoxy) is 1.